The Morgan fingerprint density at radius 1 is 1.38 bits per heavy atom. The molecule has 21 heavy (non-hydrogen) atoms. The van der Waals surface area contributed by atoms with E-state index in [0.717, 1.165) is 18.4 Å². The number of benzene rings is 1. The molecule has 1 saturated carbocycles. The molecule has 0 aromatic heterocycles. The maximum absolute atomic E-state index is 13.4. The summed E-state index contributed by atoms with van der Waals surface area (Å²) < 4.78 is 13.4. The second-order valence-corrected chi connectivity index (χ2v) is 5.42. The van der Waals surface area contributed by atoms with E-state index in [9.17, 15) is 9.50 Å². The lowest BCUT2D eigenvalue weighted by molar-refractivity contribution is 0.144. The SMILES string of the molecule is NC(=NO)c1cc(F)ccc1CN(CCO)C1CCCC1. The first-order chi connectivity index (χ1) is 10.2. The molecule has 1 aliphatic rings. The van der Waals surface area contributed by atoms with Gasteiger partial charge in [0.05, 0.1) is 6.61 Å². The standard InChI is InChI=1S/C15H22FN3O2/c16-12-6-5-11(14(9-12)15(17)18-21)10-19(7-8-20)13-3-1-2-4-13/h5-6,9,13,20-21H,1-4,7-8,10H2,(H2,17,18). The molecule has 0 unspecified atom stereocenters. The predicted octanol–water partition coefficient (Wildman–Crippen LogP) is 1.66. The van der Waals surface area contributed by atoms with E-state index in [0.29, 0.717) is 24.7 Å². The molecule has 1 fully saturated rings. The molecule has 2 rings (SSSR count). The van der Waals surface area contributed by atoms with E-state index in [1.165, 1.54) is 25.0 Å². The lowest BCUT2D eigenvalue weighted by Gasteiger charge is -2.28. The number of aliphatic hydroxyl groups is 1. The molecule has 116 valence electrons. The molecular formula is C15H22FN3O2. The second kappa shape index (κ2) is 7.38. The maximum Gasteiger partial charge on any atom is 0.170 e. The summed E-state index contributed by atoms with van der Waals surface area (Å²) in [6.45, 7) is 1.20. The molecule has 0 spiro atoms. The van der Waals surface area contributed by atoms with E-state index in [1.54, 1.807) is 6.07 Å². The average molecular weight is 295 g/mol. The summed E-state index contributed by atoms with van der Waals surface area (Å²) in [7, 11) is 0. The zero-order valence-electron chi connectivity index (χ0n) is 12.0. The van der Waals surface area contributed by atoms with Crippen molar-refractivity contribution < 1.29 is 14.7 Å². The molecule has 6 heteroatoms. The van der Waals surface area contributed by atoms with Crippen LogP contribution in [0.3, 0.4) is 0 Å². The number of amidine groups is 1. The van der Waals surface area contributed by atoms with Crippen LogP contribution in [-0.4, -0.2) is 40.2 Å². The Morgan fingerprint density at radius 2 is 2.10 bits per heavy atom. The largest absolute Gasteiger partial charge is 0.409 e. The first-order valence-electron chi connectivity index (χ1n) is 7.27. The van der Waals surface area contributed by atoms with Crippen LogP contribution in [0.25, 0.3) is 0 Å². The van der Waals surface area contributed by atoms with Gasteiger partial charge in [0.15, 0.2) is 5.84 Å². The number of hydrogen-bond acceptors (Lipinski definition) is 4. The van der Waals surface area contributed by atoms with Crippen molar-refractivity contribution in [1.29, 1.82) is 0 Å². The first-order valence-corrected chi connectivity index (χ1v) is 7.27. The highest BCUT2D eigenvalue weighted by molar-refractivity contribution is 5.98. The molecule has 0 heterocycles. The zero-order chi connectivity index (χ0) is 15.2. The normalized spacial score (nSPS) is 16.8. The Hall–Kier alpha value is -1.66. The average Bonchev–Trinajstić information content (AvgIpc) is 3.01. The van der Waals surface area contributed by atoms with E-state index in [1.807, 2.05) is 0 Å². The van der Waals surface area contributed by atoms with Crippen molar-refractivity contribution in [2.24, 2.45) is 10.9 Å². The second-order valence-electron chi connectivity index (χ2n) is 5.42. The fourth-order valence-electron chi connectivity index (χ4n) is 2.99. The van der Waals surface area contributed by atoms with Gasteiger partial charge in [0.2, 0.25) is 0 Å². The van der Waals surface area contributed by atoms with Crippen LogP contribution >= 0.6 is 0 Å². The topological polar surface area (TPSA) is 82.1 Å². The van der Waals surface area contributed by atoms with Crippen LogP contribution in [0.1, 0.15) is 36.8 Å². The highest BCUT2D eigenvalue weighted by atomic mass is 19.1. The van der Waals surface area contributed by atoms with Gasteiger partial charge < -0.3 is 16.0 Å². The summed E-state index contributed by atoms with van der Waals surface area (Å²) in [6, 6.07) is 4.73. The number of oxime groups is 1. The summed E-state index contributed by atoms with van der Waals surface area (Å²) in [6.07, 6.45) is 4.62. The third kappa shape index (κ3) is 3.92. The van der Waals surface area contributed by atoms with Crippen molar-refractivity contribution in [2.45, 2.75) is 38.3 Å². The van der Waals surface area contributed by atoms with Crippen LogP contribution in [0, 0.1) is 5.82 Å². The number of nitrogens with zero attached hydrogens (tertiary/aromatic N) is 2. The summed E-state index contributed by atoms with van der Waals surface area (Å²) in [5.41, 5.74) is 6.83. The molecule has 0 radical (unpaired) electrons. The zero-order valence-corrected chi connectivity index (χ0v) is 12.0. The van der Waals surface area contributed by atoms with Crippen LogP contribution in [-0.2, 0) is 6.54 Å². The molecule has 1 aliphatic carbocycles. The van der Waals surface area contributed by atoms with Gasteiger partial charge in [-0.15, -0.1) is 0 Å². The van der Waals surface area contributed by atoms with E-state index >= 15 is 0 Å². The van der Waals surface area contributed by atoms with Crippen molar-refractivity contribution in [3.05, 3.63) is 35.1 Å². The van der Waals surface area contributed by atoms with Crippen molar-refractivity contribution >= 4 is 5.84 Å². The van der Waals surface area contributed by atoms with Gasteiger partial charge >= 0.3 is 0 Å². The van der Waals surface area contributed by atoms with Crippen LogP contribution in [0.2, 0.25) is 0 Å². The van der Waals surface area contributed by atoms with Crippen LogP contribution < -0.4 is 5.73 Å². The minimum absolute atomic E-state index is 0.0800. The van der Waals surface area contributed by atoms with E-state index in [4.69, 9.17) is 10.9 Å². The first kappa shape index (κ1) is 15.7. The number of rotatable bonds is 6. The van der Waals surface area contributed by atoms with Crippen molar-refractivity contribution in [2.75, 3.05) is 13.2 Å². The van der Waals surface area contributed by atoms with Crippen molar-refractivity contribution in [3.63, 3.8) is 0 Å². The van der Waals surface area contributed by atoms with Crippen molar-refractivity contribution in [3.8, 4) is 0 Å². The molecule has 1 aromatic carbocycles. The summed E-state index contributed by atoms with van der Waals surface area (Å²) in [5, 5.41) is 21.1. The molecule has 0 bridgehead atoms. The fraction of sp³-hybridized carbons (Fsp3) is 0.533. The Kier molecular flexibility index (Phi) is 5.52. The van der Waals surface area contributed by atoms with E-state index in [2.05, 4.69) is 10.1 Å². The Morgan fingerprint density at radius 3 is 2.71 bits per heavy atom. The highest BCUT2D eigenvalue weighted by Gasteiger charge is 2.23. The Bertz CT molecular complexity index is 502. The van der Waals surface area contributed by atoms with Gasteiger partial charge in [0, 0.05) is 24.7 Å². The van der Waals surface area contributed by atoms with E-state index < -0.39 is 5.82 Å². The molecule has 4 N–H and O–H groups in total. The summed E-state index contributed by atoms with van der Waals surface area (Å²) in [4.78, 5) is 2.19. The number of hydrogen-bond donors (Lipinski definition) is 3. The molecule has 0 amide bonds. The number of aliphatic hydroxyl groups excluding tert-OH is 1. The van der Waals surface area contributed by atoms with Gasteiger partial charge in [-0.25, -0.2) is 4.39 Å². The number of halogens is 1. The lowest BCUT2D eigenvalue weighted by Crippen LogP contribution is -2.35. The van der Waals surface area contributed by atoms with Crippen LogP contribution in [0.15, 0.2) is 23.4 Å². The monoisotopic (exact) mass is 295 g/mol. The summed E-state index contributed by atoms with van der Waals surface area (Å²) >= 11 is 0. The van der Waals surface area contributed by atoms with Crippen molar-refractivity contribution in [1.82, 2.24) is 4.90 Å². The minimum atomic E-state index is -0.421. The quantitative estimate of drug-likeness (QED) is 0.323. The Balaban J connectivity index is 2.23. The molecule has 0 atom stereocenters. The molecular weight excluding hydrogens is 273 g/mol. The number of nitrogens with two attached hydrogens (primary N) is 1. The maximum atomic E-state index is 13.4. The van der Waals surface area contributed by atoms with Gasteiger partial charge in [-0.05, 0) is 30.5 Å². The predicted molar refractivity (Wildman–Crippen MR) is 78.7 cm³/mol. The van der Waals surface area contributed by atoms with Gasteiger partial charge in [-0.3, -0.25) is 4.90 Å². The summed E-state index contributed by atoms with van der Waals surface area (Å²) in [5.74, 6) is -0.519. The van der Waals surface area contributed by atoms with Gasteiger partial charge in [-0.1, -0.05) is 24.1 Å². The third-order valence-corrected chi connectivity index (χ3v) is 4.06. The third-order valence-electron chi connectivity index (χ3n) is 4.06. The molecule has 0 aliphatic heterocycles. The van der Waals surface area contributed by atoms with Crippen LogP contribution in [0.4, 0.5) is 4.39 Å². The molecule has 0 saturated heterocycles. The van der Waals surface area contributed by atoms with E-state index in [-0.39, 0.29) is 12.4 Å². The van der Waals surface area contributed by atoms with Gasteiger partial charge in [-0.2, -0.15) is 0 Å². The van der Waals surface area contributed by atoms with Crippen LogP contribution in [0.5, 0.6) is 0 Å². The van der Waals surface area contributed by atoms with Gasteiger partial charge in [0.1, 0.15) is 5.82 Å². The lowest BCUT2D eigenvalue weighted by atomic mass is 10.0. The minimum Gasteiger partial charge on any atom is -0.409 e. The van der Waals surface area contributed by atoms with Gasteiger partial charge in [0.25, 0.3) is 0 Å². The highest BCUT2D eigenvalue weighted by Crippen LogP contribution is 2.25. The molecule has 1 aromatic rings. The Labute approximate surface area is 123 Å². The molecule has 5 nitrogen and oxygen atoms in total. The smallest absolute Gasteiger partial charge is 0.170 e. The fourth-order valence-corrected chi connectivity index (χ4v) is 2.99.